The van der Waals surface area contributed by atoms with Gasteiger partial charge in [-0.25, -0.2) is 0 Å². The maximum atomic E-state index is 5.43. The molecular weight excluding hydrogens is 444 g/mol. The van der Waals surface area contributed by atoms with Gasteiger partial charge in [0.2, 0.25) is 0 Å². The van der Waals surface area contributed by atoms with Gasteiger partial charge in [-0.3, -0.25) is 0 Å². The third kappa shape index (κ3) is 4.55. The Bertz CT molecular complexity index is 1240. The molecule has 0 heterocycles. The van der Waals surface area contributed by atoms with Crippen LogP contribution in [0.1, 0.15) is 49.9 Å². The number of fused-ring (bicyclic) bond motifs is 6. The Morgan fingerprint density at radius 3 is 0.833 bits per heavy atom. The molecule has 0 aliphatic heterocycles. The van der Waals surface area contributed by atoms with Gasteiger partial charge >= 0.3 is 0 Å². The molecule has 0 bridgehead atoms. The maximum Gasteiger partial charge on any atom is 0.122 e. The molecule has 0 saturated heterocycles. The average molecular weight is 475 g/mol. The first kappa shape index (κ1) is 23.6. The van der Waals surface area contributed by atoms with Gasteiger partial charge in [-0.2, -0.15) is 0 Å². The van der Waals surface area contributed by atoms with E-state index in [1.807, 2.05) is 52.0 Å². The van der Waals surface area contributed by atoms with Crippen LogP contribution in [0.15, 0.2) is 107 Å². The van der Waals surface area contributed by atoms with Crippen LogP contribution < -0.4 is 0 Å². The van der Waals surface area contributed by atoms with Crippen LogP contribution in [0.5, 0.6) is 0 Å². The number of oxime groups is 2. The second-order valence-corrected chi connectivity index (χ2v) is 9.37. The second kappa shape index (κ2) is 10.2. The molecule has 0 amide bonds. The molecule has 180 valence electrons. The van der Waals surface area contributed by atoms with E-state index >= 15 is 0 Å². The first-order chi connectivity index (χ1) is 17.5. The van der Waals surface area contributed by atoms with Gasteiger partial charge in [-0.1, -0.05) is 107 Å². The third-order valence-electron chi connectivity index (χ3n) is 6.02. The van der Waals surface area contributed by atoms with Crippen molar-refractivity contribution in [2.24, 2.45) is 10.3 Å². The van der Waals surface area contributed by atoms with E-state index in [2.05, 4.69) is 83.1 Å². The molecule has 36 heavy (non-hydrogen) atoms. The highest BCUT2D eigenvalue weighted by Crippen LogP contribution is 2.37. The maximum absolute atomic E-state index is 5.43. The van der Waals surface area contributed by atoms with E-state index < -0.39 is 0 Å². The van der Waals surface area contributed by atoms with Gasteiger partial charge in [0.15, 0.2) is 0 Å². The topological polar surface area (TPSA) is 43.2 Å². The third-order valence-corrected chi connectivity index (χ3v) is 6.02. The molecule has 0 saturated carbocycles. The Balaban J connectivity index is 0.000000148. The Kier molecular flexibility index (Phi) is 6.68. The van der Waals surface area contributed by atoms with Crippen molar-refractivity contribution in [2.45, 2.75) is 39.9 Å². The van der Waals surface area contributed by atoms with E-state index in [0.717, 1.165) is 33.7 Å². The van der Waals surface area contributed by atoms with Crippen molar-refractivity contribution < 1.29 is 9.68 Å². The number of benzene rings is 4. The molecule has 4 nitrogen and oxygen atoms in total. The molecule has 4 aromatic rings. The lowest BCUT2D eigenvalue weighted by Gasteiger charge is -2.05. The number of nitrogens with zero attached hydrogens (tertiary/aromatic N) is 2. The van der Waals surface area contributed by atoms with E-state index in [1.165, 1.54) is 22.3 Å². The minimum absolute atomic E-state index is 0.0948. The Labute approximate surface area is 212 Å². The Morgan fingerprint density at radius 1 is 0.389 bits per heavy atom. The highest BCUT2D eigenvalue weighted by Gasteiger charge is 2.25. The second-order valence-electron chi connectivity index (χ2n) is 9.37. The standard InChI is InChI=1S/2C16H15NO/c2*1-11(2)18-17-16-14-9-5-3-7-12(14)13-8-4-6-10-15(13)16/h2*3-11H,1-2H3. The van der Waals surface area contributed by atoms with Gasteiger partial charge in [0.05, 0.1) is 0 Å². The van der Waals surface area contributed by atoms with Crippen molar-refractivity contribution in [3.63, 3.8) is 0 Å². The van der Waals surface area contributed by atoms with Gasteiger partial charge in [0.25, 0.3) is 0 Å². The average Bonchev–Trinajstić information content (AvgIpc) is 3.39. The summed E-state index contributed by atoms with van der Waals surface area (Å²) < 4.78 is 0. The highest BCUT2D eigenvalue weighted by atomic mass is 16.6. The fourth-order valence-electron chi connectivity index (χ4n) is 4.50. The predicted molar refractivity (Wildman–Crippen MR) is 147 cm³/mol. The van der Waals surface area contributed by atoms with Crippen LogP contribution >= 0.6 is 0 Å². The van der Waals surface area contributed by atoms with E-state index in [0.29, 0.717) is 0 Å². The normalized spacial score (nSPS) is 12.3. The molecule has 0 aromatic heterocycles. The van der Waals surface area contributed by atoms with Crippen LogP contribution in [0.25, 0.3) is 22.3 Å². The SMILES string of the molecule is CC(C)ON=C1c2ccccc2-c2ccccc21.CC(C)ON=C1c2ccccc2-c2ccccc21. The summed E-state index contributed by atoms with van der Waals surface area (Å²) in [4.78, 5) is 10.9. The largest absolute Gasteiger partial charge is 0.393 e. The number of hydrogen-bond acceptors (Lipinski definition) is 4. The van der Waals surface area contributed by atoms with Crippen LogP contribution in [0.4, 0.5) is 0 Å². The van der Waals surface area contributed by atoms with Gasteiger partial charge < -0.3 is 9.68 Å². The molecule has 4 aromatic carbocycles. The van der Waals surface area contributed by atoms with Crippen molar-refractivity contribution >= 4 is 11.4 Å². The minimum Gasteiger partial charge on any atom is -0.393 e. The van der Waals surface area contributed by atoms with Gasteiger partial charge in [-0.05, 0) is 49.9 Å². The predicted octanol–water partition coefficient (Wildman–Crippen LogP) is 7.69. The van der Waals surface area contributed by atoms with Crippen molar-refractivity contribution in [3.05, 3.63) is 119 Å². The quantitative estimate of drug-likeness (QED) is 0.246. The smallest absolute Gasteiger partial charge is 0.122 e. The van der Waals surface area contributed by atoms with Crippen LogP contribution in [0.3, 0.4) is 0 Å². The van der Waals surface area contributed by atoms with Gasteiger partial charge in [0.1, 0.15) is 23.6 Å². The first-order valence-corrected chi connectivity index (χ1v) is 12.4. The molecule has 0 radical (unpaired) electrons. The summed E-state index contributed by atoms with van der Waals surface area (Å²) in [5.41, 5.74) is 11.4. The zero-order valence-electron chi connectivity index (χ0n) is 21.1. The summed E-state index contributed by atoms with van der Waals surface area (Å²) in [5, 5.41) is 8.64. The van der Waals surface area contributed by atoms with E-state index in [9.17, 15) is 0 Å². The highest BCUT2D eigenvalue weighted by molar-refractivity contribution is 6.25. The lowest BCUT2D eigenvalue weighted by molar-refractivity contribution is 0.0862. The summed E-state index contributed by atoms with van der Waals surface area (Å²) in [6.45, 7) is 7.93. The molecule has 0 N–H and O–H groups in total. The molecule has 0 atom stereocenters. The van der Waals surface area contributed by atoms with Crippen LogP contribution in [0, 0.1) is 0 Å². The molecule has 0 unspecified atom stereocenters. The molecule has 2 aliphatic carbocycles. The molecule has 0 spiro atoms. The zero-order valence-corrected chi connectivity index (χ0v) is 21.1. The molecule has 4 heteroatoms. The summed E-state index contributed by atoms with van der Waals surface area (Å²) in [6.07, 6.45) is 0.190. The van der Waals surface area contributed by atoms with Gasteiger partial charge in [-0.15, -0.1) is 0 Å². The first-order valence-electron chi connectivity index (χ1n) is 12.4. The zero-order chi connectivity index (χ0) is 25.1. The van der Waals surface area contributed by atoms with Crippen molar-refractivity contribution in [3.8, 4) is 22.3 Å². The fraction of sp³-hybridized carbons (Fsp3) is 0.188. The molecule has 2 aliphatic rings. The van der Waals surface area contributed by atoms with Crippen LogP contribution in [-0.4, -0.2) is 23.6 Å². The summed E-state index contributed by atoms with van der Waals surface area (Å²) in [5.74, 6) is 0. The molecular formula is C32H30N2O2. The van der Waals surface area contributed by atoms with Crippen molar-refractivity contribution in [1.82, 2.24) is 0 Å². The molecule has 6 rings (SSSR count). The van der Waals surface area contributed by atoms with Gasteiger partial charge in [0, 0.05) is 22.3 Å². The summed E-state index contributed by atoms with van der Waals surface area (Å²) >= 11 is 0. The summed E-state index contributed by atoms with van der Waals surface area (Å²) in [6, 6.07) is 33.3. The Morgan fingerprint density at radius 2 is 0.611 bits per heavy atom. The monoisotopic (exact) mass is 474 g/mol. The minimum atomic E-state index is 0.0948. The van der Waals surface area contributed by atoms with E-state index in [-0.39, 0.29) is 12.2 Å². The number of hydrogen-bond donors (Lipinski definition) is 0. The fourth-order valence-corrected chi connectivity index (χ4v) is 4.50. The van der Waals surface area contributed by atoms with Crippen molar-refractivity contribution in [2.75, 3.05) is 0 Å². The van der Waals surface area contributed by atoms with Crippen molar-refractivity contribution in [1.29, 1.82) is 0 Å². The Hall–Kier alpha value is -4.18. The van der Waals surface area contributed by atoms with E-state index in [4.69, 9.17) is 9.68 Å². The van der Waals surface area contributed by atoms with Crippen LogP contribution in [0.2, 0.25) is 0 Å². The number of rotatable bonds is 4. The summed E-state index contributed by atoms with van der Waals surface area (Å²) in [7, 11) is 0. The van der Waals surface area contributed by atoms with E-state index in [1.54, 1.807) is 0 Å². The molecule has 0 fully saturated rings. The van der Waals surface area contributed by atoms with Crippen LogP contribution in [-0.2, 0) is 9.68 Å². The lowest BCUT2D eigenvalue weighted by atomic mass is 10.1. The lowest BCUT2D eigenvalue weighted by Crippen LogP contribution is -2.03.